The van der Waals surface area contributed by atoms with Crippen molar-refractivity contribution in [2.24, 2.45) is 0 Å². The second kappa shape index (κ2) is 7.52. The van der Waals surface area contributed by atoms with Crippen LogP contribution in [0.25, 0.3) is 10.8 Å². The van der Waals surface area contributed by atoms with Crippen LogP contribution in [0.3, 0.4) is 0 Å². The number of rotatable bonds is 5. The Hall–Kier alpha value is -2.95. The van der Waals surface area contributed by atoms with Gasteiger partial charge in [0.25, 0.3) is 11.5 Å². The molecule has 0 unspecified atom stereocenters. The fourth-order valence-corrected chi connectivity index (χ4v) is 3.00. The van der Waals surface area contributed by atoms with Gasteiger partial charge < -0.3 is 4.90 Å². The second-order valence-electron chi connectivity index (χ2n) is 6.54. The molecule has 5 heteroatoms. The Bertz CT molecular complexity index is 977. The smallest absolute Gasteiger partial charge is 0.275 e. The number of aromatic nitrogens is 2. The van der Waals surface area contributed by atoms with Gasteiger partial charge in [0, 0.05) is 18.5 Å². The quantitative estimate of drug-likeness (QED) is 0.707. The van der Waals surface area contributed by atoms with Gasteiger partial charge in [0.1, 0.15) is 0 Å². The van der Waals surface area contributed by atoms with Crippen molar-refractivity contribution in [3.05, 3.63) is 76.2 Å². The maximum Gasteiger partial charge on any atom is 0.275 e. The van der Waals surface area contributed by atoms with Gasteiger partial charge in [-0.1, -0.05) is 48.5 Å². The Kier molecular flexibility index (Phi) is 5.16. The summed E-state index contributed by atoms with van der Waals surface area (Å²) in [5, 5.41) is 5.55. The summed E-state index contributed by atoms with van der Waals surface area (Å²) in [4.78, 5) is 27.6. The highest BCUT2D eigenvalue weighted by molar-refractivity contribution is 6.04. The van der Waals surface area contributed by atoms with Gasteiger partial charge in [0.05, 0.1) is 11.4 Å². The molecule has 2 aromatic carbocycles. The number of carbonyl (C=O) groups is 1. The van der Waals surface area contributed by atoms with Crippen LogP contribution in [-0.4, -0.2) is 27.1 Å². The summed E-state index contributed by atoms with van der Waals surface area (Å²) >= 11 is 0. The lowest BCUT2D eigenvalue weighted by atomic mass is 10.1. The number of hydrogen-bond donors (Lipinski definition) is 0. The number of carbonyl (C=O) groups excluding carboxylic acids is 1. The molecular weight excluding hydrogens is 326 g/mol. The van der Waals surface area contributed by atoms with Crippen LogP contribution < -0.4 is 5.56 Å². The van der Waals surface area contributed by atoms with E-state index in [4.69, 9.17) is 0 Å². The zero-order chi connectivity index (χ0) is 18.7. The van der Waals surface area contributed by atoms with Crippen molar-refractivity contribution in [1.82, 2.24) is 14.7 Å². The van der Waals surface area contributed by atoms with Gasteiger partial charge in [-0.3, -0.25) is 9.59 Å². The third kappa shape index (κ3) is 3.38. The number of benzene rings is 2. The van der Waals surface area contributed by atoms with Crippen LogP contribution in [0.1, 0.15) is 42.9 Å². The molecule has 3 rings (SSSR count). The SMILES string of the molecule is CCN(Cc1ccccc1)C(=O)c1nn(C(C)C)c(=O)c2ccccc12. The number of nitrogens with zero attached hydrogens (tertiary/aromatic N) is 3. The van der Waals surface area contributed by atoms with Gasteiger partial charge in [-0.15, -0.1) is 0 Å². The minimum atomic E-state index is -0.168. The summed E-state index contributed by atoms with van der Waals surface area (Å²) in [6.07, 6.45) is 0. The van der Waals surface area contributed by atoms with Crippen molar-refractivity contribution in [3.63, 3.8) is 0 Å². The third-order valence-electron chi connectivity index (χ3n) is 4.41. The predicted molar refractivity (Wildman–Crippen MR) is 103 cm³/mol. The fraction of sp³-hybridized carbons (Fsp3) is 0.286. The van der Waals surface area contributed by atoms with E-state index < -0.39 is 0 Å². The molecular formula is C21H23N3O2. The van der Waals surface area contributed by atoms with Crippen molar-refractivity contribution >= 4 is 16.7 Å². The van der Waals surface area contributed by atoms with E-state index in [1.54, 1.807) is 17.0 Å². The van der Waals surface area contributed by atoms with Crippen LogP contribution in [0.4, 0.5) is 0 Å². The summed E-state index contributed by atoms with van der Waals surface area (Å²) < 4.78 is 1.39. The number of fused-ring (bicyclic) bond motifs is 1. The maximum atomic E-state index is 13.2. The first-order valence-corrected chi connectivity index (χ1v) is 8.87. The van der Waals surface area contributed by atoms with Crippen LogP contribution >= 0.6 is 0 Å². The molecule has 0 spiro atoms. The normalized spacial score (nSPS) is 11.1. The average Bonchev–Trinajstić information content (AvgIpc) is 2.66. The lowest BCUT2D eigenvalue weighted by Crippen LogP contribution is -2.34. The summed E-state index contributed by atoms with van der Waals surface area (Å²) in [6, 6.07) is 16.9. The van der Waals surface area contributed by atoms with Crippen LogP contribution in [0.2, 0.25) is 0 Å². The first-order valence-electron chi connectivity index (χ1n) is 8.87. The summed E-state index contributed by atoms with van der Waals surface area (Å²) in [6.45, 7) is 6.79. The molecule has 0 saturated heterocycles. The van der Waals surface area contributed by atoms with Crippen molar-refractivity contribution < 1.29 is 4.79 Å². The Morgan fingerprint density at radius 1 is 1.04 bits per heavy atom. The molecule has 1 aromatic heterocycles. The van der Waals surface area contributed by atoms with Gasteiger partial charge in [-0.05, 0) is 32.4 Å². The molecule has 1 amide bonds. The summed E-state index contributed by atoms with van der Waals surface area (Å²) in [5.74, 6) is -0.165. The number of hydrogen-bond acceptors (Lipinski definition) is 3. The first kappa shape index (κ1) is 17.9. The third-order valence-corrected chi connectivity index (χ3v) is 4.41. The maximum absolute atomic E-state index is 13.2. The van der Waals surface area contributed by atoms with Gasteiger partial charge in [-0.25, -0.2) is 4.68 Å². The van der Waals surface area contributed by atoms with Crippen LogP contribution in [0, 0.1) is 0 Å². The molecule has 0 N–H and O–H groups in total. The minimum absolute atomic E-state index is 0.122. The Balaban J connectivity index is 2.09. The molecule has 5 nitrogen and oxygen atoms in total. The molecule has 0 fully saturated rings. The van der Waals surface area contributed by atoms with E-state index in [0.29, 0.717) is 29.6 Å². The van der Waals surface area contributed by atoms with Crippen molar-refractivity contribution in [2.75, 3.05) is 6.54 Å². The molecule has 0 radical (unpaired) electrons. The standard InChI is InChI=1S/C21H23N3O2/c1-4-23(14-16-10-6-5-7-11-16)21(26)19-17-12-8-9-13-18(17)20(25)24(22-19)15(2)3/h5-13,15H,4,14H2,1-3H3. The van der Waals surface area contributed by atoms with Gasteiger partial charge in [0.2, 0.25) is 0 Å². The van der Waals surface area contributed by atoms with Crippen molar-refractivity contribution in [3.8, 4) is 0 Å². The molecule has 0 saturated carbocycles. The largest absolute Gasteiger partial charge is 0.333 e. The van der Waals surface area contributed by atoms with Gasteiger partial charge >= 0.3 is 0 Å². The highest BCUT2D eigenvalue weighted by Crippen LogP contribution is 2.18. The van der Waals surface area contributed by atoms with E-state index in [-0.39, 0.29) is 17.5 Å². The summed E-state index contributed by atoms with van der Waals surface area (Å²) in [5.41, 5.74) is 1.22. The van der Waals surface area contributed by atoms with Crippen molar-refractivity contribution in [1.29, 1.82) is 0 Å². The van der Waals surface area contributed by atoms with E-state index in [2.05, 4.69) is 5.10 Å². The lowest BCUT2D eigenvalue weighted by molar-refractivity contribution is 0.0746. The Morgan fingerprint density at radius 2 is 1.65 bits per heavy atom. The molecule has 1 heterocycles. The molecule has 0 aliphatic carbocycles. The second-order valence-corrected chi connectivity index (χ2v) is 6.54. The molecule has 0 bridgehead atoms. The predicted octanol–water partition coefficient (Wildman–Crippen LogP) is 3.64. The Labute approximate surface area is 152 Å². The highest BCUT2D eigenvalue weighted by Gasteiger charge is 2.22. The van der Waals surface area contributed by atoms with E-state index in [1.807, 2.05) is 63.2 Å². The van der Waals surface area contributed by atoms with Crippen LogP contribution in [0.5, 0.6) is 0 Å². The first-order chi connectivity index (χ1) is 12.5. The number of amides is 1. The van der Waals surface area contributed by atoms with Crippen LogP contribution in [-0.2, 0) is 6.54 Å². The average molecular weight is 349 g/mol. The summed E-state index contributed by atoms with van der Waals surface area (Å²) in [7, 11) is 0. The topological polar surface area (TPSA) is 55.2 Å². The van der Waals surface area contributed by atoms with Gasteiger partial charge in [0.15, 0.2) is 5.69 Å². The van der Waals surface area contributed by atoms with E-state index in [0.717, 1.165) is 5.56 Å². The molecule has 3 aromatic rings. The molecule has 0 atom stereocenters. The fourth-order valence-electron chi connectivity index (χ4n) is 3.00. The van der Waals surface area contributed by atoms with E-state index in [9.17, 15) is 9.59 Å². The lowest BCUT2D eigenvalue weighted by Gasteiger charge is -2.22. The molecule has 0 aliphatic rings. The molecule has 26 heavy (non-hydrogen) atoms. The monoisotopic (exact) mass is 349 g/mol. The zero-order valence-electron chi connectivity index (χ0n) is 15.3. The molecule has 0 aliphatic heterocycles. The molecule has 134 valence electrons. The zero-order valence-corrected chi connectivity index (χ0v) is 15.3. The van der Waals surface area contributed by atoms with E-state index in [1.165, 1.54) is 4.68 Å². The van der Waals surface area contributed by atoms with Crippen LogP contribution in [0.15, 0.2) is 59.4 Å². The van der Waals surface area contributed by atoms with Gasteiger partial charge in [-0.2, -0.15) is 5.10 Å². The minimum Gasteiger partial charge on any atom is -0.333 e. The highest BCUT2D eigenvalue weighted by atomic mass is 16.2. The van der Waals surface area contributed by atoms with Crippen molar-refractivity contribution in [2.45, 2.75) is 33.4 Å². The Morgan fingerprint density at radius 3 is 2.27 bits per heavy atom. The van der Waals surface area contributed by atoms with E-state index >= 15 is 0 Å².